The fourth-order valence-corrected chi connectivity index (χ4v) is 1.90. The number of nitrogens with two attached hydrogens (primary N) is 1. The number of aryl methyl sites for hydroxylation is 1. The van der Waals surface area contributed by atoms with E-state index < -0.39 is 0 Å². The largest absolute Gasteiger partial charge is 0.381 e. The summed E-state index contributed by atoms with van der Waals surface area (Å²) in [5.41, 5.74) is 5.43. The second kappa shape index (κ2) is 5.96. The fraction of sp³-hybridized carbons (Fsp3) is 0.818. The molecule has 1 aromatic rings. The van der Waals surface area contributed by atoms with Crippen LogP contribution in [0.1, 0.15) is 31.0 Å². The third-order valence-corrected chi connectivity index (χ3v) is 2.85. The van der Waals surface area contributed by atoms with E-state index in [-0.39, 0.29) is 0 Å². The van der Waals surface area contributed by atoms with Gasteiger partial charge in [0, 0.05) is 26.1 Å². The van der Waals surface area contributed by atoms with E-state index in [1.165, 1.54) is 0 Å². The first kappa shape index (κ1) is 11.5. The van der Waals surface area contributed by atoms with Crippen molar-refractivity contribution in [3.8, 4) is 0 Å². The Kier molecular flexibility index (Phi) is 4.30. The third-order valence-electron chi connectivity index (χ3n) is 2.85. The molecule has 2 heterocycles. The Balaban J connectivity index is 1.77. The van der Waals surface area contributed by atoms with E-state index in [1.54, 1.807) is 0 Å². The van der Waals surface area contributed by atoms with Crippen molar-refractivity contribution < 1.29 is 9.26 Å². The lowest BCUT2D eigenvalue weighted by molar-refractivity contribution is 0.185. The van der Waals surface area contributed by atoms with Gasteiger partial charge in [-0.1, -0.05) is 5.16 Å². The van der Waals surface area contributed by atoms with Crippen molar-refractivity contribution in [1.29, 1.82) is 0 Å². The van der Waals surface area contributed by atoms with Gasteiger partial charge < -0.3 is 15.0 Å². The van der Waals surface area contributed by atoms with Gasteiger partial charge in [0.1, 0.15) is 0 Å². The van der Waals surface area contributed by atoms with E-state index in [0.717, 1.165) is 63.6 Å². The molecule has 0 saturated carbocycles. The maximum absolute atomic E-state index is 5.43. The van der Waals surface area contributed by atoms with Crippen LogP contribution in [0.3, 0.4) is 0 Å². The summed E-state index contributed by atoms with van der Waals surface area (Å²) in [5.74, 6) is 2.12. The molecule has 1 saturated heterocycles. The molecule has 0 amide bonds. The molecule has 1 atom stereocenters. The predicted octanol–water partition coefficient (Wildman–Crippen LogP) is 0.930. The molecule has 1 aromatic heterocycles. The van der Waals surface area contributed by atoms with Gasteiger partial charge in [0.2, 0.25) is 5.89 Å². The molecule has 1 aliphatic rings. The number of rotatable bonds is 6. The monoisotopic (exact) mass is 225 g/mol. The summed E-state index contributed by atoms with van der Waals surface area (Å²) in [7, 11) is 0. The molecule has 1 unspecified atom stereocenters. The lowest BCUT2D eigenvalue weighted by atomic mass is 10.1. The highest BCUT2D eigenvalue weighted by Crippen LogP contribution is 2.16. The van der Waals surface area contributed by atoms with E-state index >= 15 is 0 Å². The normalized spacial score (nSPS) is 20.4. The minimum Gasteiger partial charge on any atom is -0.381 e. The topological polar surface area (TPSA) is 74.2 Å². The first-order chi connectivity index (χ1) is 7.88. The van der Waals surface area contributed by atoms with Gasteiger partial charge in [-0.05, 0) is 31.7 Å². The van der Waals surface area contributed by atoms with Crippen LogP contribution in [0.5, 0.6) is 0 Å². The molecule has 90 valence electrons. The number of aromatic nitrogens is 2. The predicted molar refractivity (Wildman–Crippen MR) is 58.9 cm³/mol. The minimum atomic E-state index is 0.564. The van der Waals surface area contributed by atoms with E-state index in [9.17, 15) is 0 Å². The van der Waals surface area contributed by atoms with Gasteiger partial charge in [-0.25, -0.2) is 0 Å². The van der Waals surface area contributed by atoms with Crippen LogP contribution in [0.2, 0.25) is 0 Å². The average Bonchev–Trinajstić information content (AvgIpc) is 2.91. The van der Waals surface area contributed by atoms with Crippen molar-refractivity contribution in [2.24, 2.45) is 11.7 Å². The van der Waals surface area contributed by atoms with Gasteiger partial charge in [0.25, 0.3) is 0 Å². The number of unbranched alkanes of at least 4 members (excludes halogenated alkanes) is 1. The summed E-state index contributed by atoms with van der Waals surface area (Å²) in [6.07, 6.45) is 4.85. The van der Waals surface area contributed by atoms with Crippen LogP contribution in [-0.2, 0) is 17.6 Å². The molecule has 1 fully saturated rings. The molecule has 2 rings (SSSR count). The molecular formula is C11H19N3O2. The van der Waals surface area contributed by atoms with Crippen LogP contribution in [-0.4, -0.2) is 29.9 Å². The molecule has 0 spiro atoms. The van der Waals surface area contributed by atoms with Gasteiger partial charge >= 0.3 is 0 Å². The lowest BCUT2D eigenvalue weighted by Crippen LogP contribution is -2.05. The standard InChI is InChI=1S/C11H19N3O2/c12-5-2-1-3-11-13-10(14-16-11)7-9-4-6-15-8-9/h9H,1-8,12H2. The first-order valence-corrected chi connectivity index (χ1v) is 5.97. The Bertz CT molecular complexity index is 308. The lowest BCUT2D eigenvalue weighted by Gasteiger charge is -2.00. The Labute approximate surface area is 95.3 Å². The molecule has 5 heteroatoms. The van der Waals surface area contributed by atoms with Crippen LogP contribution in [0.25, 0.3) is 0 Å². The van der Waals surface area contributed by atoms with Crippen LogP contribution in [0.4, 0.5) is 0 Å². The molecule has 1 aliphatic heterocycles. The third kappa shape index (κ3) is 3.28. The van der Waals surface area contributed by atoms with Crippen LogP contribution >= 0.6 is 0 Å². The smallest absolute Gasteiger partial charge is 0.226 e. The van der Waals surface area contributed by atoms with E-state index in [0.29, 0.717) is 5.92 Å². The maximum atomic E-state index is 5.43. The Hall–Kier alpha value is -0.940. The van der Waals surface area contributed by atoms with Crippen LogP contribution in [0.15, 0.2) is 4.52 Å². The summed E-state index contributed by atoms with van der Waals surface area (Å²) in [6, 6.07) is 0. The molecule has 0 aliphatic carbocycles. The average molecular weight is 225 g/mol. The maximum Gasteiger partial charge on any atom is 0.226 e. The molecule has 2 N–H and O–H groups in total. The SMILES string of the molecule is NCCCCc1nc(CC2CCOC2)no1. The zero-order valence-corrected chi connectivity index (χ0v) is 9.52. The Morgan fingerprint density at radius 2 is 2.31 bits per heavy atom. The highest BCUT2D eigenvalue weighted by atomic mass is 16.5. The quantitative estimate of drug-likeness (QED) is 0.729. The van der Waals surface area contributed by atoms with E-state index in [1.807, 2.05) is 0 Å². The summed E-state index contributed by atoms with van der Waals surface area (Å²) in [5, 5.41) is 3.99. The second-order valence-corrected chi connectivity index (χ2v) is 4.28. The molecule has 0 aromatic carbocycles. The van der Waals surface area contributed by atoms with Crippen LogP contribution < -0.4 is 5.73 Å². The highest BCUT2D eigenvalue weighted by Gasteiger charge is 2.18. The zero-order valence-electron chi connectivity index (χ0n) is 9.52. The summed E-state index contributed by atoms with van der Waals surface area (Å²) in [6.45, 7) is 2.42. The van der Waals surface area contributed by atoms with Gasteiger partial charge in [-0.2, -0.15) is 4.98 Å². The second-order valence-electron chi connectivity index (χ2n) is 4.28. The van der Waals surface area contributed by atoms with Gasteiger partial charge in [0.05, 0.1) is 0 Å². The van der Waals surface area contributed by atoms with Crippen molar-refractivity contribution in [3.63, 3.8) is 0 Å². The summed E-state index contributed by atoms with van der Waals surface area (Å²) >= 11 is 0. The molecule has 0 radical (unpaired) electrons. The highest BCUT2D eigenvalue weighted by molar-refractivity contribution is 4.89. The van der Waals surface area contributed by atoms with E-state index in [4.69, 9.17) is 15.0 Å². The number of nitrogens with zero attached hydrogens (tertiary/aromatic N) is 2. The fourth-order valence-electron chi connectivity index (χ4n) is 1.90. The van der Waals surface area contributed by atoms with Gasteiger partial charge in [0.15, 0.2) is 5.82 Å². The Morgan fingerprint density at radius 1 is 1.38 bits per heavy atom. The molecule has 0 bridgehead atoms. The van der Waals surface area contributed by atoms with Crippen LogP contribution in [0, 0.1) is 5.92 Å². The van der Waals surface area contributed by atoms with Crippen molar-refractivity contribution in [1.82, 2.24) is 10.1 Å². The van der Waals surface area contributed by atoms with E-state index in [2.05, 4.69) is 10.1 Å². The zero-order chi connectivity index (χ0) is 11.2. The molecule has 16 heavy (non-hydrogen) atoms. The Morgan fingerprint density at radius 3 is 3.06 bits per heavy atom. The van der Waals surface area contributed by atoms with Crippen molar-refractivity contribution in [2.45, 2.75) is 32.1 Å². The minimum absolute atomic E-state index is 0.564. The van der Waals surface area contributed by atoms with Crippen molar-refractivity contribution in [2.75, 3.05) is 19.8 Å². The number of hydrogen-bond acceptors (Lipinski definition) is 5. The van der Waals surface area contributed by atoms with Gasteiger partial charge in [-0.15, -0.1) is 0 Å². The number of hydrogen-bond donors (Lipinski definition) is 1. The number of ether oxygens (including phenoxy) is 1. The summed E-state index contributed by atoms with van der Waals surface area (Å²) < 4.78 is 10.5. The first-order valence-electron chi connectivity index (χ1n) is 5.97. The molecular weight excluding hydrogens is 206 g/mol. The molecule has 5 nitrogen and oxygen atoms in total. The van der Waals surface area contributed by atoms with Crippen molar-refractivity contribution >= 4 is 0 Å². The summed E-state index contributed by atoms with van der Waals surface area (Å²) in [4.78, 5) is 4.37. The van der Waals surface area contributed by atoms with Crippen molar-refractivity contribution in [3.05, 3.63) is 11.7 Å². The van der Waals surface area contributed by atoms with Gasteiger partial charge in [-0.3, -0.25) is 0 Å².